The van der Waals surface area contributed by atoms with Crippen LogP contribution in [0.5, 0.6) is 0 Å². The molecular formula is C16H20ClN3O2. The standard InChI is InChI=1S/C16H20ClN3O2/c1-10-15(11(2)20(3)19-10)16(22)18-8-7-14(21)12-5-4-6-13(17)9-12/h4-6,9,14,21H,7-8H2,1-3H3,(H,18,22)/t14-/m1/s1. The zero-order chi connectivity index (χ0) is 16.3. The number of aliphatic hydroxyl groups excluding tert-OH is 1. The third-order valence-corrected chi connectivity index (χ3v) is 3.91. The van der Waals surface area contributed by atoms with Crippen LogP contribution in [0.15, 0.2) is 24.3 Å². The van der Waals surface area contributed by atoms with Crippen molar-refractivity contribution in [3.63, 3.8) is 0 Å². The number of hydrogen-bond donors (Lipinski definition) is 2. The van der Waals surface area contributed by atoms with Crippen LogP contribution in [0.2, 0.25) is 5.02 Å². The van der Waals surface area contributed by atoms with E-state index in [-0.39, 0.29) is 5.91 Å². The molecule has 2 aromatic rings. The minimum atomic E-state index is -0.657. The van der Waals surface area contributed by atoms with Crippen molar-refractivity contribution in [2.24, 2.45) is 7.05 Å². The van der Waals surface area contributed by atoms with Crippen molar-refractivity contribution in [3.8, 4) is 0 Å². The van der Waals surface area contributed by atoms with Gasteiger partial charge in [0.2, 0.25) is 0 Å². The highest BCUT2D eigenvalue weighted by Crippen LogP contribution is 2.20. The van der Waals surface area contributed by atoms with E-state index in [1.165, 1.54) is 0 Å². The second-order valence-electron chi connectivity index (χ2n) is 5.28. The Morgan fingerprint density at radius 3 is 2.77 bits per heavy atom. The summed E-state index contributed by atoms with van der Waals surface area (Å²) >= 11 is 5.90. The van der Waals surface area contributed by atoms with Crippen molar-refractivity contribution in [1.29, 1.82) is 0 Å². The number of carbonyl (C=O) groups is 1. The molecule has 2 rings (SSSR count). The average Bonchev–Trinajstić information content (AvgIpc) is 2.72. The lowest BCUT2D eigenvalue weighted by Gasteiger charge is -2.12. The van der Waals surface area contributed by atoms with E-state index in [1.54, 1.807) is 22.9 Å². The Balaban J connectivity index is 1.92. The summed E-state index contributed by atoms with van der Waals surface area (Å²) in [7, 11) is 1.81. The molecule has 1 atom stereocenters. The van der Waals surface area contributed by atoms with E-state index in [0.29, 0.717) is 29.2 Å². The number of amides is 1. The normalized spacial score (nSPS) is 12.2. The zero-order valence-corrected chi connectivity index (χ0v) is 13.7. The molecule has 1 amide bonds. The summed E-state index contributed by atoms with van der Waals surface area (Å²) in [6, 6.07) is 7.09. The molecule has 5 nitrogen and oxygen atoms in total. The lowest BCUT2D eigenvalue weighted by atomic mass is 10.1. The molecule has 2 N–H and O–H groups in total. The number of benzene rings is 1. The van der Waals surface area contributed by atoms with Crippen LogP contribution in [0.1, 0.15) is 39.8 Å². The maximum atomic E-state index is 12.2. The van der Waals surface area contributed by atoms with Gasteiger partial charge in [-0.2, -0.15) is 5.10 Å². The van der Waals surface area contributed by atoms with Crippen molar-refractivity contribution in [2.75, 3.05) is 6.54 Å². The zero-order valence-electron chi connectivity index (χ0n) is 12.9. The van der Waals surface area contributed by atoms with Crippen LogP contribution in [-0.2, 0) is 7.05 Å². The molecule has 0 aliphatic carbocycles. The Morgan fingerprint density at radius 1 is 1.45 bits per heavy atom. The van der Waals surface area contributed by atoms with E-state index in [4.69, 9.17) is 11.6 Å². The monoisotopic (exact) mass is 321 g/mol. The van der Waals surface area contributed by atoms with E-state index >= 15 is 0 Å². The first kappa shape index (κ1) is 16.5. The SMILES string of the molecule is Cc1nn(C)c(C)c1C(=O)NCC[C@@H](O)c1cccc(Cl)c1. The van der Waals surface area contributed by atoms with Crippen molar-refractivity contribution < 1.29 is 9.90 Å². The summed E-state index contributed by atoms with van der Waals surface area (Å²) in [5.41, 5.74) is 2.87. The number of nitrogens with zero attached hydrogens (tertiary/aromatic N) is 2. The molecule has 118 valence electrons. The summed E-state index contributed by atoms with van der Waals surface area (Å²) < 4.78 is 1.69. The molecular weight excluding hydrogens is 302 g/mol. The highest BCUT2D eigenvalue weighted by molar-refractivity contribution is 6.30. The van der Waals surface area contributed by atoms with E-state index in [2.05, 4.69) is 10.4 Å². The van der Waals surface area contributed by atoms with Crippen LogP contribution in [0, 0.1) is 13.8 Å². The largest absolute Gasteiger partial charge is 0.388 e. The minimum absolute atomic E-state index is 0.165. The van der Waals surface area contributed by atoms with E-state index in [0.717, 1.165) is 11.3 Å². The smallest absolute Gasteiger partial charge is 0.255 e. The van der Waals surface area contributed by atoms with Crippen molar-refractivity contribution in [1.82, 2.24) is 15.1 Å². The number of aromatic nitrogens is 2. The predicted octanol–water partition coefficient (Wildman–Crippen LogP) is 2.54. The Kier molecular flexibility index (Phi) is 5.21. The molecule has 0 spiro atoms. The van der Waals surface area contributed by atoms with Crippen LogP contribution >= 0.6 is 11.6 Å². The van der Waals surface area contributed by atoms with Gasteiger partial charge in [0.25, 0.3) is 5.91 Å². The topological polar surface area (TPSA) is 67.2 Å². The van der Waals surface area contributed by atoms with Crippen molar-refractivity contribution in [2.45, 2.75) is 26.4 Å². The number of halogens is 1. The Labute approximate surface area is 134 Å². The van der Waals surface area contributed by atoms with Gasteiger partial charge in [-0.25, -0.2) is 0 Å². The van der Waals surface area contributed by atoms with Crippen LogP contribution in [0.3, 0.4) is 0 Å². The summed E-state index contributed by atoms with van der Waals surface area (Å²) in [6.07, 6.45) is -0.236. The van der Waals surface area contributed by atoms with Gasteiger partial charge < -0.3 is 10.4 Å². The number of carbonyl (C=O) groups excluding carboxylic acids is 1. The molecule has 0 aliphatic rings. The highest BCUT2D eigenvalue weighted by Gasteiger charge is 2.17. The quantitative estimate of drug-likeness (QED) is 0.889. The van der Waals surface area contributed by atoms with Gasteiger partial charge in [0.05, 0.1) is 17.4 Å². The lowest BCUT2D eigenvalue weighted by molar-refractivity contribution is 0.0941. The van der Waals surface area contributed by atoms with Crippen molar-refractivity contribution in [3.05, 3.63) is 51.8 Å². The molecule has 1 aromatic carbocycles. The van der Waals surface area contributed by atoms with Crippen LogP contribution < -0.4 is 5.32 Å². The first-order chi connectivity index (χ1) is 10.4. The average molecular weight is 322 g/mol. The number of nitrogens with one attached hydrogen (secondary N) is 1. The number of aryl methyl sites for hydroxylation is 2. The summed E-state index contributed by atoms with van der Waals surface area (Å²) in [5, 5.41) is 17.7. The molecule has 0 saturated heterocycles. The van der Waals surface area contributed by atoms with Gasteiger partial charge in [-0.05, 0) is 38.0 Å². The predicted molar refractivity (Wildman–Crippen MR) is 86.0 cm³/mol. The Bertz CT molecular complexity index is 682. The molecule has 6 heteroatoms. The summed E-state index contributed by atoms with van der Waals surface area (Å²) in [4.78, 5) is 12.2. The molecule has 0 fully saturated rings. The third-order valence-electron chi connectivity index (χ3n) is 3.67. The maximum Gasteiger partial charge on any atom is 0.255 e. The number of hydrogen-bond acceptors (Lipinski definition) is 3. The summed E-state index contributed by atoms with van der Waals surface area (Å²) in [5.74, 6) is -0.165. The molecule has 1 aromatic heterocycles. The maximum absolute atomic E-state index is 12.2. The lowest BCUT2D eigenvalue weighted by Crippen LogP contribution is -2.26. The van der Waals surface area contributed by atoms with Gasteiger partial charge in [0.1, 0.15) is 0 Å². The molecule has 22 heavy (non-hydrogen) atoms. The fourth-order valence-corrected chi connectivity index (χ4v) is 2.59. The van der Waals surface area contributed by atoms with E-state index in [1.807, 2.05) is 27.0 Å². The molecule has 1 heterocycles. The first-order valence-electron chi connectivity index (χ1n) is 7.12. The fourth-order valence-electron chi connectivity index (χ4n) is 2.39. The number of aliphatic hydroxyl groups is 1. The minimum Gasteiger partial charge on any atom is -0.388 e. The van der Waals surface area contributed by atoms with Gasteiger partial charge in [-0.1, -0.05) is 23.7 Å². The van der Waals surface area contributed by atoms with Crippen LogP contribution in [0.4, 0.5) is 0 Å². The van der Waals surface area contributed by atoms with Gasteiger partial charge in [-0.3, -0.25) is 9.48 Å². The highest BCUT2D eigenvalue weighted by atomic mass is 35.5. The molecule has 0 radical (unpaired) electrons. The second-order valence-corrected chi connectivity index (χ2v) is 5.72. The van der Waals surface area contributed by atoms with Crippen molar-refractivity contribution >= 4 is 17.5 Å². The molecule has 0 saturated carbocycles. The Hall–Kier alpha value is -1.85. The number of rotatable bonds is 5. The van der Waals surface area contributed by atoms with Gasteiger partial charge in [0.15, 0.2) is 0 Å². The molecule has 0 unspecified atom stereocenters. The molecule has 0 aliphatic heterocycles. The van der Waals surface area contributed by atoms with E-state index < -0.39 is 6.10 Å². The Morgan fingerprint density at radius 2 is 2.18 bits per heavy atom. The van der Waals surface area contributed by atoms with Gasteiger partial charge in [0, 0.05) is 24.3 Å². The van der Waals surface area contributed by atoms with Crippen LogP contribution in [-0.4, -0.2) is 27.3 Å². The van der Waals surface area contributed by atoms with Gasteiger partial charge >= 0.3 is 0 Å². The second kappa shape index (κ2) is 6.94. The molecule has 0 bridgehead atoms. The first-order valence-corrected chi connectivity index (χ1v) is 7.50. The fraction of sp³-hybridized carbons (Fsp3) is 0.375. The third kappa shape index (κ3) is 3.67. The summed E-state index contributed by atoms with van der Waals surface area (Å²) in [6.45, 7) is 4.04. The van der Waals surface area contributed by atoms with E-state index in [9.17, 15) is 9.90 Å². The van der Waals surface area contributed by atoms with Crippen LogP contribution in [0.25, 0.3) is 0 Å². The van der Waals surface area contributed by atoms with Gasteiger partial charge in [-0.15, -0.1) is 0 Å².